The van der Waals surface area contributed by atoms with Crippen LogP contribution in [0.5, 0.6) is 0 Å². The minimum absolute atomic E-state index is 0.0497. The minimum atomic E-state index is -0.523. The molecule has 0 fully saturated rings. The van der Waals surface area contributed by atoms with Gasteiger partial charge in [-0.2, -0.15) is 0 Å². The van der Waals surface area contributed by atoms with Crippen LogP contribution in [0.2, 0.25) is 0 Å². The molecule has 0 atom stereocenters. The van der Waals surface area contributed by atoms with Crippen molar-refractivity contribution in [3.63, 3.8) is 0 Å². The Morgan fingerprint density at radius 2 is 1.94 bits per heavy atom. The first-order valence-corrected chi connectivity index (χ1v) is 5.85. The molecule has 0 aliphatic rings. The van der Waals surface area contributed by atoms with E-state index in [0.717, 1.165) is 16.8 Å². The quantitative estimate of drug-likeness (QED) is 0.872. The summed E-state index contributed by atoms with van der Waals surface area (Å²) in [6.07, 6.45) is 0. The van der Waals surface area contributed by atoms with Gasteiger partial charge in [0.1, 0.15) is 0 Å². The van der Waals surface area contributed by atoms with E-state index in [-0.39, 0.29) is 5.91 Å². The number of carbonyl (C=O) groups is 1. The Morgan fingerprint density at radius 3 is 2.47 bits per heavy atom. The molecule has 1 rings (SSSR count). The number of rotatable bonds is 3. The Morgan fingerprint density at radius 1 is 1.35 bits per heavy atom. The largest absolute Gasteiger partial charge is 0.329 e. The highest BCUT2D eigenvalue weighted by Crippen LogP contribution is 2.25. The highest BCUT2D eigenvalue weighted by Gasteiger charge is 2.30. The molecule has 0 unspecified atom stereocenters. The normalized spacial score (nSPS) is 11.4. The summed E-state index contributed by atoms with van der Waals surface area (Å²) in [6.45, 7) is 8.12. The van der Waals surface area contributed by atoms with Crippen LogP contribution in [0.25, 0.3) is 0 Å². The predicted octanol–water partition coefficient (Wildman–Crippen LogP) is 2.25. The number of nitrogens with zero attached hydrogens (tertiary/aromatic N) is 1. The number of hydrogen-bond acceptors (Lipinski definition) is 2. The van der Waals surface area contributed by atoms with Gasteiger partial charge in [-0.15, -0.1) is 0 Å². The summed E-state index contributed by atoms with van der Waals surface area (Å²) < 4.78 is 0. The fourth-order valence-corrected chi connectivity index (χ4v) is 1.73. The molecule has 1 amide bonds. The van der Waals surface area contributed by atoms with Crippen molar-refractivity contribution in [2.45, 2.75) is 27.7 Å². The van der Waals surface area contributed by atoms with Gasteiger partial charge in [0.05, 0.1) is 5.41 Å². The van der Waals surface area contributed by atoms with Crippen molar-refractivity contribution in [1.29, 1.82) is 0 Å². The molecule has 0 heterocycles. The van der Waals surface area contributed by atoms with Crippen molar-refractivity contribution in [2.24, 2.45) is 11.1 Å². The molecule has 3 heteroatoms. The van der Waals surface area contributed by atoms with Crippen molar-refractivity contribution in [2.75, 3.05) is 18.5 Å². The molecular formula is C14H22N2O. The van der Waals surface area contributed by atoms with Gasteiger partial charge in [-0.05, 0) is 44.9 Å². The molecule has 94 valence electrons. The summed E-state index contributed by atoms with van der Waals surface area (Å²) in [6, 6.07) is 6.11. The standard InChI is InChI=1S/C14H22N2O/c1-10-6-7-11(2)12(8-10)16(5)13(17)14(3,4)9-15/h6-8H,9,15H2,1-5H3. The van der Waals surface area contributed by atoms with Crippen LogP contribution in [0, 0.1) is 19.3 Å². The van der Waals surface area contributed by atoms with Gasteiger partial charge in [0.25, 0.3) is 0 Å². The third kappa shape index (κ3) is 2.86. The van der Waals surface area contributed by atoms with Gasteiger partial charge in [-0.3, -0.25) is 4.79 Å². The van der Waals surface area contributed by atoms with Gasteiger partial charge < -0.3 is 10.6 Å². The third-order valence-electron chi connectivity index (χ3n) is 3.12. The maximum absolute atomic E-state index is 12.3. The fourth-order valence-electron chi connectivity index (χ4n) is 1.73. The maximum Gasteiger partial charge on any atom is 0.233 e. The van der Waals surface area contributed by atoms with Crippen LogP contribution in [-0.2, 0) is 4.79 Å². The van der Waals surface area contributed by atoms with Gasteiger partial charge in [0.2, 0.25) is 5.91 Å². The Labute approximate surface area is 104 Å². The van der Waals surface area contributed by atoms with Crippen molar-refractivity contribution in [1.82, 2.24) is 0 Å². The monoisotopic (exact) mass is 234 g/mol. The van der Waals surface area contributed by atoms with Crippen LogP contribution in [0.3, 0.4) is 0 Å². The van der Waals surface area contributed by atoms with E-state index in [2.05, 4.69) is 0 Å². The lowest BCUT2D eigenvalue weighted by Crippen LogP contribution is -2.43. The minimum Gasteiger partial charge on any atom is -0.329 e. The number of aryl methyl sites for hydroxylation is 2. The van der Waals surface area contributed by atoms with Crippen LogP contribution >= 0.6 is 0 Å². The van der Waals surface area contributed by atoms with Gasteiger partial charge in [-0.25, -0.2) is 0 Å². The molecule has 0 radical (unpaired) electrons. The fraction of sp³-hybridized carbons (Fsp3) is 0.500. The molecule has 0 saturated heterocycles. The van der Waals surface area contributed by atoms with E-state index < -0.39 is 5.41 Å². The van der Waals surface area contributed by atoms with Crippen molar-refractivity contribution < 1.29 is 4.79 Å². The molecular weight excluding hydrogens is 212 g/mol. The van der Waals surface area contributed by atoms with E-state index in [0.29, 0.717) is 6.54 Å². The molecule has 2 N–H and O–H groups in total. The molecule has 1 aromatic rings. The first kappa shape index (κ1) is 13.7. The lowest BCUT2D eigenvalue weighted by atomic mass is 9.91. The van der Waals surface area contributed by atoms with Gasteiger partial charge in [-0.1, -0.05) is 12.1 Å². The topological polar surface area (TPSA) is 46.3 Å². The second-order valence-electron chi connectivity index (χ2n) is 5.24. The number of benzene rings is 1. The van der Waals surface area contributed by atoms with Crippen molar-refractivity contribution >= 4 is 11.6 Å². The van der Waals surface area contributed by atoms with E-state index in [1.165, 1.54) is 0 Å². The third-order valence-corrected chi connectivity index (χ3v) is 3.12. The molecule has 0 spiro atoms. The summed E-state index contributed by atoms with van der Waals surface area (Å²) in [5.41, 5.74) is 8.32. The first-order valence-electron chi connectivity index (χ1n) is 5.85. The predicted molar refractivity (Wildman–Crippen MR) is 72.2 cm³/mol. The van der Waals surface area contributed by atoms with Gasteiger partial charge >= 0.3 is 0 Å². The van der Waals surface area contributed by atoms with Crippen molar-refractivity contribution in [3.05, 3.63) is 29.3 Å². The molecule has 17 heavy (non-hydrogen) atoms. The summed E-state index contributed by atoms with van der Waals surface area (Å²) in [5.74, 6) is 0.0497. The van der Waals surface area contributed by atoms with E-state index in [1.807, 2.05) is 52.9 Å². The summed E-state index contributed by atoms with van der Waals surface area (Å²) >= 11 is 0. The number of nitrogens with two attached hydrogens (primary N) is 1. The summed E-state index contributed by atoms with van der Waals surface area (Å²) in [4.78, 5) is 14.0. The lowest BCUT2D eigenvalue weighted by Gasteiger charge is -2.29. The summed E-state index contributed by atoms with van der Waals surface area (Å²) in [5, 5.41) is 0. The molecule has 0 aliphatic heterocycles. The van der Waals surface area contributed by atoms with Crippen LogP contribution in [-0.4, -0.2) is 19.5 Å². The van der Waals surface area contributed by atoms with E-state index in [1.54, 1.807) is 4.90 Å². The number of hydrogen-bond donors (Lipinski definition) is 1. The van der Waals surface area contributed by atoms with Gasteiger partial charge in [0, 0.05) is 19.3 Å². The Balaban J connectivity index is 3.08. The first-order chi connectivity index (χ1) is 7.79. The maximum atomic E-state index is 12.3. The van der Waals surface area contributed by atoms with Crippen LogP contribution < -0.4 is 10.6 Å². The molecule has 0 saturated carbocycles. The zero-order chi connectivity index (χ0) is 13.2. The number of amides is 1. The number of anilines is 1. The van der Waals surface area contributed by atoms with E-state index >= 15 is 0 Å². The Kier molecular flexibility index (Phi) is 3.94. The second kappa shape index (κ2) is 4.88. The molecule has 0 bridgehead atoms. The Hall–Kier alpha value is -1.35. The molecule has 1 aromatic carbocycles. The SMILES string of the molecule is Cc1ccc(C)c(N(C)C(=O)C(C)(C)CN)c1. The Bertz CT molecular complexity index is 424. The zero-order valence-corrected chi connectivity index (χ0v) is 11.4. The highest BCUT2D eigenvalue weighted by molar-refractivity contribution is 5.97. The number of carbonyl (C=O) groups excluding carboxylic acids is 1. The zero-order valence-electron chi connectivity index (χ0n) is 11.4. The van der Waals surface area contributed by atoms with Crippen LogP contribution in [0.4, 0.5) is 5.69 Å². The smallest absolute Gasteiger partial charge is 0.233 e. The summed E-state index contributed by atoms with van der Waals surface area (Å²) in [7, 11) is 1.81. The van der Waals surface area contributed by atoms with E-state index in [9.17, 15) is 4.79 Å². The average Bonchev–Trinajstić information content (AvgIpc) is 2.30. The molecule has 3 nitrogen and oxygen atoms in total. The van der Waals surface area contributed by atoms with Crippen LogP contribution in [0.15, 0.2) is 18.2 Å². The molecule has 0 aliphatic carbocycles. The second-order valence-corrected chi connectivity index (χ2v) is 5.24. The van der Waals surface area contributed by atoms with E-state index in [4.69, 9.17) is 5.73 Å². The molecule has 0 aromatic heterocycles. The van der Waals surface area contributed by atoms with Gasteiger partial charge in [0.15, 0.2) is 0 Å². The average molecular weight is 234 g/mol. The lowest BCUT2D eigenvalue weighted by molar-refractivity contribution is -0.125. The van der Waals surface area contributed by atoms with Crippen LogP contribution in [0.1, 0.15) is 25.0 Å². The van der Waals surface area contributed by atoms with Crippen molar-refractivity contribution in [3.8, 4) is 0 Å². The highest BCUT2D eigenvalue weighted by atomic mass is 16.2.